The van der Waals surface area contributed by atoms with E-state index in [9.17, 15) is 4.79 Å². The van der Waals surface area contributed by atoms with Gasteiger partial charge in [0.1, 0.15) is 0 Å². The maximum absolute atomic E-state index is 11.9. The molecule has 1 fully saturated rings. The van der Waals surface area contributed by atoms with Gasteiger partial charge in [0.05, 0.1) is 11.5 Å². The van der Waals surface area contributed by atoms with E-state index in [2.05, 4.69) is 5.32 Å². The molecule has 0 aromatic carbocycles. The molecule has 0 radical (unpaired) electrons. The lowest BCUT2D eigenvalue weighted by Crippen LogP contribution is -2.45. The molecule has 0 saturated carbocycles. The fourth-order valence-electron chi connectivity index (χ4n) is 1.94. The van der Waals surface area contributed by atoms with E-state index in [1.54, 1.807) is 0 Å². The van der Waals surface area contributed by atoms with E-state index in [1.807, 2.05) is 18.9 Å². The number of ether oxygens (including phenoxy) is 1. The summed E-state index contributed by atoms with van der Waals surface area (Å²) in [4.78, 5) is 14.3. The number of carbonyl (C=O) groups excluding carboxylic acids is 1. The summed E-state index contributed by atoms with van der Waals surface area (Å²) in [6.07, 6.45) is 2.44. The third-order valence-corrected chi connectivity index (χ3v) is 3.40. The van der Waals surface area contributed by atoms with Crippen LogP contribution in [0.15, 0.2) is 0 Å². The Balaban J connectivity index is 2.27. The molecule has 18 heavy (non-hydrogen) atoms. The molecule has 1 aliphatic rings. The lowest BCUT2D eigenvalue weighted by atomic mass is 10.1. The largest absolute Gasteiger partial charge is 0.393 e. The first-order chi connectivity index (χ1) is 8.49. The Kier molecular flexibility index (Phi) is 6.52. The zero-order valence-electron chi connectivity index (χ0n) is 11.1. The summed E-state index contributed by atoms with van der Waals surface area (Å²) in [5.74, 6) is 0.0548. The molecular formula is C12H23N3O2S. The Labute approximate surface area is 114 Å². The highest BCUT2D eigenvalue weighted by molar-refractivity contribution is 7.80. The third kappa shape index (κ3) is 5.75. The van der Waals surface area contributed by atoms with Crippen molar-refractivity contribution in [2.45, 2.75) is 38.3 Å². The number of amides is 1. The monoisotopic (exact) mass is 273 g/mol. The van der Waals surface area contributed by atoms with E-state index in [4.69, 9.17) is 22.7 Å². The van der Waals surface area contributed by atoms with Crippen molar-refractivity contribution in [2.24, 2.45) is 5.73 Å². The molecule has 0 spiro atoms. The lowest BCUT2D eigenvalue weighted by Gasteiger charge is -2.27. The number of rotatable bonds is 6. The van der Waals surface area contributed by atoms with Crippen LogP contribution in [0.5, 0.6) is 0 Å². The summed E-state index contributed by atoms with van der Waals surface area (Å²) < 4.78 is 5.25. The van der Waals surface area contributed by atoms with Crippen LogP contribution in [0.25, 0.3) is 0 Å². The topological polar surface area (TPSA) is 67.6 Å². The second-order valence-corrected chi connectivity index (χ2v) is 5.41. The van der Waals surface area contributed by atoms with Gasteiger partial charge in [-0.25, -0.2) is 0 Å². The van der Waals surface area contributed by atoms with Crippen molar-refractivity contribution >= 4 is 23.1 Å². The molecule has 0 aliphatic carbocycles. The number of nitrogens with zero attached hydrogens (tertiary/aromatic N) is 1. The average molecular weight is 273 g/mol. The number of carbonyl (C=O) groups is 1. The van der Waals surface area contributed by atoms with Crippen molar-refractivity contribution in [1.82, 2.24) is 10.2 Å². The molecule has 1 aliphatic heterocycles. The zero-order valence-corrected chi connectivity index (χ0v) is 12.0. The molecule has 0 aromatic heterocycles. The average Bonchev–Trinajstić information content (AvgIpc) is 2.29. The minimum absolute atomic E-state index is 0.0548. The van der Waals surface area contributed by atoms with Crippen molar-refractivity contribution in [3.8, 4) is 0 Å². The van der Waals surface area contributed by atoms with Crippen LogP contribution in [-0.2, 0) is 9.53 Å². The Morgan fingerprint density at radius 2 is 2.17 bits per heavy atom. The maximum atomic E-state index is 11.9. The summed E-state index contributed by atoms with van der Waals surface area (Å²) in [7, 11) is 1.91. The molecule has 3 N–H and O–H groups in total. The highest BCUT2D eigenvalue weighted by atomic mass is 32.1. The molecule has 5 nitrogen and oxygen atoms in total. The van der Waals surface area contributed by atoms with Gasteiger partial charge in [0.2, 0.25) is 5.91 Å². The van der Waals surface area contributed by atoms with Crippen LogP contribution in [0.4, 0.5) is 0 Å². The number of hydrogen-bond donors (Lipinski definition) is 2. The van der Waals surface area contributed by atoms with Crippen LogP contribution in [0, 0.1) is 0 Å². The van der Waals surface area contributed by atoms with Gasteiger partial charge in [-0.3, -0.25) is 9.69 Å². The summed E-state index contributed by atoms with van der Waals surface area (Å²) in [5.41, 5.74) is 5.50. The van der Waals surface area contributed by atoms with Crippen LogP contribution in [0.2, 0.25) is 0 Å². The summed E-state index contributed by atoms with van der Waals surface area (Å²) in [6.45, 7) is 3.86. The highest BCUT2D eigenvalue weighted by Crippen LogP contribution is 2.06. The van der Waals surface area contributed by atoms with Crippen molar-refractivity contribution in [1.29, 1.82) is 0 Å². The fraction of sp³-hybridized carbons (Fsp3) is 0.833. The van der Waals surface area contributed by atoms with Gasteiger partial charge in [0, 0.05) is 31.7 Å². The van der Waals surface area contributed by atoms with Gasteiger partial charge in [0.15, 0.2) is 0 Å². The van der Waals surface area contributed by atoms with Gasteiger partial charge in [0.25, 0.3) is 0 Å². The van der Waals surface area contributed by atoms with Crippen LogP contribution in [-0.4, -0.2) is 54.7 Å². The van der Waals surface area contributed by atoms with Crippen LogP contribution >= 0.6 is 12.2 Å². The summed E-state index contributed by atoms with van der Waals surface area (Å²) in [5, 5.41) is 3.03. The van der Waals surface area contributed by atoms with Crippen LogP contribution in [0.3, 0.4) is 0 Å². The van der Waals surface area contributed by atoms with Gasteiger partial charge >= 0.3 is 0 Å². The number of likely N-dealkylation sites (N-methyl/N-ethyl adjacent to an activating group) is 1. The van der Waals surface area contributed by atoms with E-state index in [-0.39, 0.29) is 18.0 Å². The molecule has 1 rings (SSSR count). The summed E-state index contributed by atoms with van der Waals surface area (Å²) in [6, 6.07) is 0.438. The second-order valence-electron chi connectivity index (χ2n) is 4.89. The minimum atomic E-state index is 0.0548. The fourth-order valence-corrected chi connectivity index (χ4v) is 2.19. The van der Waals surface area contributed by atoms with Gasteiger partial charge in [-0.2, -0.15) is 0 Å². The quantitative estimate of drug-likeness (QED) is 0.680. The Hall–Kier alpha value is -0.720. The smallest absolute Gasteiger partial charge is 0.234 e. The Morgan fingerprint density at radius 3 is 2.72 bits per heavy atom. The lowest BCUT2D eigenvalue weighted by molar-refractivity contribution is -0.123. The normalized spacial score (nSPS) is 18.6. The summed E-state index contributed by atoms with van der Waals surface area (Å²) >= 11 is 4.87. The van der Waals surface area contributed by atoms with E-state index >= 15 is 0 Å². The molecule has 0 aromatic rings. The maximum Gasteiger partial charge on any atom is 0.234 e. The molecule has 1 amide bonds. The minimum Gasteiger partial charge on any atom is -0.393 e. The molecule has 1 atom stereocenters. The molecule has 1 saturated heterocycles. The Bertz CT molecular complexity index is 293. The van der Waals surface area contributed by atoms with E-state index in [0.717, 1.165) is 26.1 Å². The predicted octanol–water partition coefficient (Wildman–Crippen LogP) is 0.278. The SMILES string of the molecule is CC(CC(N)=S)N(C)CC(=O)NC1CCOCC1. The number of hydrogen-bond acceptors (Lipinski definition) is 4. The van der Waals surface area contributed by atoms with E-state index in [1.165, 1.54) is 0 Å². The highest BCUT2D eigenvalue weighted by Gasteiger charge is 2.18. The van der Waals surface area contributed by atoms with E-state index < -0.39 is 0 Å². The van der Waals surface area contributed by atoms with Crippen LogP contribution in [0.1, 0.15) is 26.2 Å². The number of thiocarbonyl (C=S) groups is 1. The first-order valence-corrected chi connectivity index (χ1v) is 6.75. The predicted molar refractivity (Wildman–Crippen MR) is 75.5 cm³/mol. The van der Waals surface area contributed by atoms with Gasteiger partial charge in [-0.05, 0) is 26.8 Å². The molecular weight excluding hydrogens is 250 g/mol. The molecule has 6 heteroatoms. The molecule has 104 valence electrons. The standard InChI is InChI=1S/C12H23N3O2S/c1-9(7-11(13)18)15(2)8-12(16)14-10-3-5-17-6-4-10/h9-10H,3-8H2,1-2H3,(H2,13,18)(H,14,16). The molecule has 1 heterocycles. The molecule has 0 bridgehead atoms. The van der Waals surface area contributed by atoms with Crippen molar-refractivity contribution in [3.63, 3.8) is 0 Å². The molecule has 1 unspecified atom stereocenters. The Morgan fingerprint density at radius 1 is 1.56 bits per heavy atom. The first kappa shape index (κ1) is 15.3. The van der Waals surface area contributed by atoms with Crippen molar-refractivity contribution < 1.29 is 9.53 Å². The third-order valence-electron chi connectivity index (χ3n) is 3.23. The zero-order chi connectivity index (χ0) is 13.5. The van der Waals surface area contributed by atoms with Gasteiger partial charge in [-0.1, -0.05) is 12.2 Å². The first-order valence-electron chi connectivity index (χ1n) is 6.34. The number of nitrogens with one attached hydrogen (secondary N) is 1. The van der Waals surface area contributed by atoms with Gasteiger partial charge < -0.3 is 15.8 Å². The van der Waals surface area contributed by atoms with Gasteiger partial charge in [-0.15, -0.1) is 0 Å². The second kappa shape index (κ2) is 7.66. The van der Waals surface area contributed by atoms with E-state index in [0.29, 0.717) is 18.0 Å². The van der Waals surface area contributed by atoms with Crippen LogP contribution < -0.4 is 11.1 Å². The van der Waals surface area contributed by atoms with Crippen molar-refractivity contribution in [2.75, 3.05) is 26.8 Å². The van der Waals surface area contributed by atoms with Crippen molar-refractivity contribution in [3.05, 3.63) is 0 Å². The number of nitrogens with two attached hydrogens (primary N) is 1.